The predicted molar refractivity (Wildman–Crippen MR) is 72.2 cm³/mol. The normalized spacial score (nSPS) is 14.4. The van der Waals surface area contributed by atoms with Crippen LogP contribution in [0, 0.1) is 13.8 Å². The molecule has 0 atom stereocenters. The zero-order chi connectivity index (χ0) is 12.4. The molecule has 0 saturated heterocycles. The Balaban J connectivity index is 2.82. The summed E-state index contributed by atoms with van der Waals surface area (Å²) in [4.78, 5) is 4.71. The van der Waals surface area contributed by atoms with Gasteiger partial charge in [-0.05, 0) is 68.7 Å². The summed E-state index contributed by atoms with van der Waals surface area (Å²) >= 11 is 0. The predicted octanol–water partition coefficient (Wildman–Crippen LogP) is 2.72. The van der Waals surface area contributed by atoms with E-state index in [1.807, 2.05) is 25.2 Å². The van der Waals surface area contributed by atoms with E-state index in [2.05, 4.69) is 38.6 Å². The molecule has 0 saturated carbocycles. The lowest BCUT2D eigenvalue weighted by Gasteiger charge is -1.99. The summed E-state index contributed by atoms with van der Waals surface area (Å²) in [5.41, 5.74) is 8.04. The fourth-order valence-electron chi connectivity index (χ4n) is 1.81. The van der Waals surface area contributed by atoms with E-state index < -0.39 is 0 Å². The van der Waals surface area contributed by atoms with Crippen LogP contribution < -0.4 is 10.6 Å². The van der Waals surface area contributed by atoms with Crippen LogP contribution in [-0.4, -0.2) is 0 Å². The van der Waals surface area contributed by atoms with Crippen molar-refractivity contribution in [2.75, 3.05) is 0 Å². The summed E-state index contributed by atoms with van der Waals surface area (Å²) in [5, 5.41) is 2.08. The highest BCUT2D eigenvalue weighted by atomic mass is 14.7. The molecule has 1 aromatic rings. The van der Waals surface area contributed by atoms with Crippen LogP contribution in [0.3, 0.4) is 0 Å². The van der Waals surface area contributed by atoms with Crippen molar-refractivity contribution in [3.63, 3.8) is 0 Å². The third kappa shape index (κ3) is 2.30. The molecular weight excluding hydrogens is 206 g/mol. The van der Waals surface area contributed by atoms with Gasteiger partial charge in [0.2, 0.25) is 0 Å². The molecule has 86 valence electrons. The lowest BCUT2D eigenvalue weighted by molar-refractivity contribution is 1.18. The average Bonchev–Trinajstić information content (AvgIpc) is 2.43. The van der Waals surface area contributed by atoms with Crippen LogP contribution in [-0.2, 0) is 0 Å². The van der Waals surface area contributed by atoms with Crippen LogP contribution in [0.25, 0.3) is 5.73 Å². The highest BCUT2D eigenvalue weighted by molar-refractivity contribution is 5.41. The van der Waals surface area contributed by atoms with Crippen molar-refractivity contribution >= 4 is 5.73 Å². The second-order valence-corrected chi connectivity index (χ2v) is 4.42. The maximum absolute atomic E-state index is 4.71. The van der Waals surface area contributed by atoms with Gasteiger partial charge in [-0.3, -0.25) is 0 Å². The minimum Gasteiger partial charge on any atom is -0.247 e. The van der Waals surface area contributed by atoms with Gasteiger partial charge in [-0.1, -0.05) is 6.08 Å². The summed E-state index contributed by atoms with van der Waals surface area (Å²) in [6, 6.07) is 4.28. The monoisotopic (exact) mass is 223 g/mol. The van der Waals surface area contributed by atoms with Crippen molar-refractivity contribution in [3.05, 3.63) is 63.3 Å². The van der Waals surface area contributed by atoms with Gasteiger partial charge in [0.15, 0.2) is 0 Å². The Hall–Kier alpha value is -1.85. The van der Waals surface area contributed by atoms with Gasteiger partial charge in [-0.2, -0.15) is 0 Å². The van der Waals surface area contributed by atoms with Gasteiger partial charge in [-0.25, -0.2) is 4.99 Å². The molecular formula is C16H17N. The number of nitrogens with zero attached hydrogens (tertiary/aromatic N) is 1. The van der Waals surface area contributed by atoms with Crippen LogP contribution in [0.4, 0.5) is 0 Å². The highest BCUT2D eigenvalue weighted by Crippen LogP contribution is 2.09. The summed E-state index contributed by atoms with van der Waals surface area (Å²) in [6.45, 7) is 8.31. The molecule has 0 aliphatic carbocycles. The molecule has 0 fully saturated rings. The Morgan fingerprint density at radius 2 is 1.82 bits per heavy atom. The molecule has 1 aliphatic rings. The molecule has 1 heteroatoms. The number of hydrogen-bond donors (Lipinski definition) is 0. The summed E-state index contributed by atoms with van der Waals surface area (Å²) < 4.78 is 0. The first kappa shape index (κ1) is 11.6. The zero-order valence-electron chi connectivity index (χ0n) is 10.8. The van der Waals surface area contributed by atoms with E-state index in [4.69, 9.17) is 4.99 Å². The zero-order valence-corrected chi connectivity index (χ0v) is 10.8. The number of benzene rings is 1. The molecule has 0 bridgehead atoms. The Bertz CT molecular complexity index is 666. The highest BCUT2D eigenvalue weighted by Gasteiger charge is 2.00. The van der Waals surface area contributed by atoms with E-state index >= 15 is 0 Å². The largest absolute Gasteiger partial charge is 0.247 e. The number of hydrogen-bond acceptors (Lipinski definition) is 1. The Morgan fingerprint density at radius 3 is 2.53 bits per heavy atom. The Labute approximate surface area is 102 Å². The number of fused-ring (bicyclic) bond motifs is 1. The first-order chi connectivity index (χ1) is 8.11. The second-order valence-electron chi connectivity index (χ2n) is 4.42. The second kappa shape index (κ2) is 4.57. The van der Waals surface area contributed by atoms with Crippen LogP contribution in [0.15, 0.2) is 46.6 Å². The molecule has 0 unspecified atom stereocenters. The van der Waals surface area contributed by atoms with E-state index in [9.17, 15) is 0 Å². The van der Waals surface area contributed by atoms with Gasteiger partial charge < -0.3 is 0 Å². The summed E-state index contributed by atoms with van der Waals surface area (Å²) in [7, 11) is 0. The molecule has 1 aromatic carbocycles. The standard InChI is InChI=1S/C16H17N/c1-5-6-15-11(2)7-8-14-9-12(3)13(4)10-16(14)17-15/h5-7,9-10H,1-4H3/b6-5+. The minimum atomic E-state index is 1.01. The van der Waals surface area contributed by atoms with Gasteiger partial charge in [0.1, 0.15) is 0 Å². The van der Waals surface area contributed by atoms with Crippen LogP contribution >= 0.6 is 0 Å². The smallest absolute Gasteiger partial charge is 0.0789 e. The molecule has 0 aromatic heterocycles. The topological polar surface area (TPSA) is 12.4 Å². The lowest BCUT2D eigenvalue weighted by Crippen LogP contribution is -2.24. The molecule has 1 nitrogen and oxygen atoms in total. The van der Waals surface area contributed by atoms with E-state index in [1.165, 1.54) is 11.1 Å². The van der Waals surface area contributed by atoms with Gasteiger partial charge in [0.05, 0.1) is 11.1 Å². The quantitative estimate of drug-likeness (QED) is 0.694. The van der Waals surface area contributed by atoms with Crippen LogP contribution in [0.1, 0.15) is 25.0 Å². The number of allylic oxidation sites excluding steroid dienone is 4. The van der Waals surface area contributed by atoms with Crippen molar-refractivity contribution in [1.29, 1.82) is 0 Å². The molecule has 2 rings (SSSR count). The molecule has 0 amide bonds. The van der Waals surface area contributed by atoms with Gasteiger partial charge >= 0.3 is 0 Å². The third-order valence-corrected chi connectivity index (χ3v) is 3.03. The summed E-state index contributed by atoms with van der Waals surface area (Å²) in [6.07, 6.45) is 6.07. The van der Waals surface area contributed by atoms with E-state index in [0.29, 0.717) is 0 Å². The minimum absolute atomic E-state index is 1.01. The summed E-state index contributed by atoms with van der Waals surface area (Å²) in [5.74, 6) is 0. The van der Waals surface area contributed by atoms with E-state index in [0.717, 1.165) is 21.8 Å². The molecule has 0 spiro atoms. The Kier molecular flexibility index (Phi) is 3.12. The van der Waals surface area contributed by atoms with Crippen molar-refractivity contribution in [1.82, 2.24) is 0 Å². The molecule has 1 aliphatic heterocycles. The molecule has 1 heterocycles. The Morgan fingerprint density at radius 1 is 1.12 bits per heavy atom. The van der Waals surface area contributed by atoms with Crippen molar-refractivity contribution in [3.8, 4) is 0 Å². The number of rotatable bonds is 1. The molecule has 0 N–H and O–H groups in total. The fourth-order valence-corrected chi connectivity index (χ4v) is 1.81. The van der Waals surface area contributed by atoms with Crippen LogP contribution in [0.2, 0.25) is 0 Å². The van der Waals surface area contributed by atoms with Crippen molar-refractivity contribution in [2.24, 2.45) is 4.99 Å². The first-order valence-corrected chi connectivity index (χ1v) is 5.88. The van der Waals surface area contributed by atoms with Crippen LogP contribution in [0.5, 0.6) is 0 Å². The van der Waals surface area contributed by atoms with Gasteiger partial charge in [0, 0.05) is 5.22 Å². The van der Waals surface area contributed by atoms with Gasteiger partial charge in [-0.15, -0.1) is 5.73 Å². The molecule has 17 heavy (non-hydrogen) atoms. The maximum atomic E-state index is 4.71. The number of aryl methyl sites for hydroxylation is 2. The average molecular weight is 223 g/mol. The SMILES string of the molecule is C/C=C/C1=C(C)C=C=c2cc(C)c(C)cc2=N1. The lowest BCUT2D eigenvalue weighted by atomic mass is 10.1. The molecule has 0 radical (unpaired) electrons. The first-order valence-electron chi connectivity index (χ1n) is 5.88. The third-order valence-electron chi connectivity index (χ3n) is 3.03. The fraction of sp³-hybridized carbons (Fsp3) is 0.250. The maximum Gasteiger partial charge on any atom is 0.0789 e. The van der Waals surface area contributed by atoms with E-state index in [-0.39, 0.29) is 0 Å². The van der Waals surface area contributed by atoms with Gasteiger partial charge in [0.25, 0.3) is 0 Å². The van der Waals surface area contributed by atoms with Crippen molar-refractivity contribution < 1.29 is 0 Å². The van der Waals surface area contributed by atoms with Crippen molar-refractivity contribution in [2.45, 2.75) is 27.7 Å². The van der Waals surface area contributed by atoms with E-state index in [1.54, 1.807) is 0 Å².